The minimum atomic E-state index is -4.33. The van der Waals surface area contributed by atoms with Gasteiger partial charge in [-0.2, -0.15) is 24.9 Å². The normalized spacial score (nSPS) is 11.6. The quantitative estimate of drug-likeness (QED) is 0.729. The minimum absolute atomic E-state index is 0.148. The van der Waals surface area contributed by atoms with Crippen LogP contribution in [0.15, 0.2) is 22.7 Å². The number of halogens is 4. The van der Waals surface area contributed by atoms with Crippen molar-refractivity contribution in [3.63, 3.8) is 0 Å². The molecule has 0 aliphatic carbocycles. The third-order valence-corrected chi connectivity index (χ3v) is 3.57. The summed E-state index contributed by atoms with van der Waals surface area (Å²) in [4.78, 5) is 0. The van der Waals surface area contributed by atoms with Crippen LogP contribution in [0.5, 0.6) is 0 Å². The molecule has 0 saturated heterocycles. The van der Waals surface area contributed by atoms with Crippen molar-refractivity contribution in [1.82, 2.24) is 0 Å². The van der Waals surface area contributed by atoms with E-state index in [-0.39, 0.29) is 5.69 Å². The first-order valence-corrected chi connectivity index (χ1v) is 7.73. The fraction of sp³-hybridized carbons (Fsp3) is 0.500. The van der Waals surface area contributed by atoms with Gasteiger partial charge in [0.05, 0.1) is 5.56 Å². The highest BCUT2D eigenvalue weighted by atomic mass is 79.9. The molecule has 0 aromatic heterocycles. The molecule has 18 heavy (non-hydrogen) atoms. The molecule has 0 aliphatic rings. The second-order valence-corrected chi connectivity index (χ2v) is 5.72. The van der Waals surface area contributed by atoms with Gasteiger partial charge in [0, 0.05) is 16.7 Å². The molecule has 102 valence electrons. The van der Waals surface area contributed by atoms with E-state index in [1.54, 1.807) is 17.8 Å². The highest BCUT2D eigenvalue weighted by Crippen LogP contribution is 2.36. The van der Waals surface area contributed by atoms with Gasteiger partial charge in [-0.05, 0) is 43.0 Å². The molecule has 0 amide bonds. The number of anilines is 1. The standard InChI is InChI=1S/C12H15BrF3NS/c1-18-7-3-2-6-17-11-5-4-9(13)8-10(11)12(14,15)16/h4-5,8,17H,2-3,6-7H2,1H3. The van der Waals surface area contributed by atoms with Crippen molar-refractivity contribution in [3.8, 4) is 0 Å². The maximum atomic E-state index is 12.8. The topological polar surface area (TPSA) is 12.0 Å². The van der Waals surface area contributed by atoms with E-state index in [9.17, 15) is 13.2 Å². The third kappa shape index (κ3) is 5.10. The summed E-state index contributed by atoms with van der Waals surface area (Å²) in [5, 5.41) is 2.86. The van der Waals surface area contributed by atoms with E-state index in [4.69, 9.17) is 0 Å². The highest BCUT2D eigenvalue weighted by molar-refractivity contribution is 9.10. The lowest BCUT2D eigenvalue weighted by atomic mass is 10.1. The van der Waals surface area contributed by atoms with Crippen LogP contribution >= 0.6 is 27.7 Å². The fourth-order valence-electron chi connectivity index (χ4n) is 1.50. The Bertz CT molecular complexity index is 382. The van der Waals surface area contributed by atoms with Crippen LogP contribution in [0.2, 0.25) is 0 Å². The van der Waals surface area contributed by atoms with Crippen molar-refractivity contribution in [2.75, 3.05) is 23.9 Å². The molecule has 1 nitrogen and oxygen atoms in total. The van der Waals surface area contributed by atoms with Crippen molar-refractivity contribution in [3.05, 3.63) is 28.2 Å². The molecule has 6 heteroatoms. The Morgan fingerprint density at radius 1 is 1.28 bits per heavy atom. The fourth-order valence-corrected chi connectivity index (χ4v) is 2.35. The maximum Gasteiger partial charge on any atom is 0.418 e. The lowest BCUT2D eigenvalue weighted by Crippen LogP contribution is -2.11. The molecule has 0 aliphatic heterocycles. The van der Waals surface area contributed by atoms with E-state index < -0.39 is 11.7 Å². The number of hydrogen-bond acceptors (Lipinski definition) is 2. The van der Waals surface area contributed by atoms with E-state index in [2.05, 4.69) is 21.2 Å². The molecule has 1 aromatic carbocycles. The summed E-state index contributed by atoms with van der Waals surface area (Å²) < 4.78 is 38.8. The zero-order valence-electron chi connectivity index (χ0n) is 9.98. The van der Waals surface area contributed by atoms with Crippen LogP contribution in [-0.2, 0) is 6.18 Å². The molecule has 0 heterocycles. The van der Waals surface area contributed by atoms with Crippen LogP contribution in [0.3, 0.4) is 0 Å². The second kappa shape index (κ2) is 7.28. The monoisotopic (exact) mass is 341 g/mol. The SMILES string of the molecule is CSCCCCNc1ccc(Br)cc1C(F)(F)F. The Balaban J connectivity index is 2.65. The first-order valence-electron chi connectivity index (χ1n) is 5.54. The van der Waals surface area contributed by atoms with Crippen LogP contribution in [0.25, 0.3) is 0 Å². The molecule has 1 N–H and O–H groups in total. The number of benzene rings is 1. The molecule has 0 fully saturated rings. The van der Waals surface area contributed by atoms with E-state index in [1.807, 2.05) is 6.26 Å². The van der Waals surface area contributed by atoms with E-state index >= 15 is 0 Å². The van der Waals surface area contributed by atoms with Crippen LogP contribution in [0.1, 0.15) is 18.4 Å². The average molecular weight is 342 g/mol. The van der Waals surface area contributed by atoms with Gasteiger partial charge in [-0.15, -0.1) is 0 Å². The zero-order valence-corrected chi connectivity index (χ0v) is 12.4. The number of hydrogen-bond donors (Lipinski definition) is 1. The molecule has 0 atom stereocenters. The number of nitrogens with one attached hydrogen (secondary N) is 1. The van der Waals surface area contributed by atoms with Gasteiger partial charge in [0.15, 0.2) is 0 Å². The number of rotatable bonds is 6. The second-order valence-electron chi connectivity index (χ2n) is 3.81. The van der Waals surface area contributed by atoms with Gasteiger partial charge in [-0.25, -0.2) is 0 Å². The molecular weight excluding hydrogens is 327 g/mol. The van der Waals surface area contributed by atoms with Gasteiger partial charge in [0.2, 0.25) is 0 Å². The molecule has 0 bridgehead atoms. The van der Waals surface area contributed by atoms with Crippen molar-refractivity contribution >= 4 is 33.4 Å². The zero-order chi connectivity index (χ0) is 13.6. The number of thioether (sulfide) groups is 1. The van der Waals surface area contributed by atoms with Gasteiger partial charge in [-0.3, -0.25) is 0 Å². The highest BCUT2D eigenvalue weighted by Gasteiger charge is 2.33. The number of unbranched alkanes of at least 4 members (excludes halogenated alkanes) is 1. The van der Waals surface area contributed by atoms with E-state index in [1.165, 1.54) is 6.07 Å². The van der Waals surface area contributed by atoms with Crippen LogP contribution in [-0.4, -0.2) is 18.6 Å². The Morgan fingerprint density at radius 2 is 2.00 bits per heavy atom. The molecular formula is C12H15BrF3NS. The summed E-state index contributed by atoms with van der Waals surface area (Å²) >= 11 is 4.80. The van der Waals surface area contributed by atoms with Gasteiger partial charge in [0.25, 0.3) is 0 Å². The Morgan fingerprint density at radius 3 is 2.61 bits per heavy atom. The predicted molar refractivity (Wildman–Crippen MR) is 75.2 cm³/mol. The van der Waals surface area contributed by atoms with Crippen molar-refractivity contribution < 1.29 is 13.2 Å². The summed E-state index contributed by atoms with van der Waals surface area (Å²) in [5.74, 6) is 1.04. The summed E-state index contributed by atoms with van der Waals surface area (Å²) in [6.07, 6.45) is -0.435. The molecule has 0 saturated carbocycles. The summed E-state index contributed by atoms with van der Waals surface area (Å²) in [6.45, 7) is 0.561. The molecule has 1 aromatic rings. The predicted octanol–water partition coefficient (Wildman–Crippen LogP) is 5.02. The van der Waals surface area contributed by atoms with Crippen LogP contribution in [0, 0.1) is 0 Å². The average Bonchev–Trinajstić information content (AvgIpc) is 2.29. The lowest BCUT2D eigenvalue weighted by molar-refractivity contribution is -0.137. The Kier molecular flexibility index (Phi) is 6.35. The third-order valence-electron chi connectivity index (χ3n) is 2.38. The van der Waals surface area contributed by atoms with Crippen molar-refractivity contribution in [2.24, 2.45) is 0 Å². The van der Waals surface area contributed by atoms with Crippen molar-refractivity contribution in [1.29, 1.82) is 0 Å². The molecule has 1 rings (SSSR count). The summed E-state index contributed by atoms with van der Waals surface area (Å²) in [6, 6.07) is 4.17. The maximum absolute atomic E-state index is 12.8. The molecule has 0 spiro atoms. The Labute approximate surface area is 118 Å². The van der Waals surface area contributed by atoms with Gasteiger partial charge >= 0.3 is 6.18 Å². The molecule has 0 radical (unpaired) electrons. The summed E-state index contributed by atoms with van der Waals surface area (Å²) in [5.41, 5.74) is -0.475. The van der Waals surface area contributed by atoms with Gasteiger partial charge < -0.3 is 5.32 Å². The van der Waals surface area contributed by atoms with Crippen LogP contribution < -0.4 is 5.32 Å². The van der Waals surface area contributed by atoms with E-state index in [0.717, 1.165) is 24.7 Å². The van der Waals surface area contributed by atoms with Gasteiger partial charge in [-0.1, -0.05) is 15.9 Å². The first kappa shape index (κ1) is 15.7. The summed E-state index contributed by atoms with van der Waals surface area (Å²) in [7, 11) is 0. The smallest absolute Gasteiger partial charge is 0.385 e. The Hall–Kier alpha value is -0.360. The number of alkyl halides is 3. The van der Waals surface area contributed by atoms with Crippen molar-refractivity contribution in [2.45, 2.75) is 19.0 Å². The molecule has 0 unspecified atom stereocenters. The minimum Gasteiger partial charge on any atom is -0.385 e. The van der Waals surface area contributed by atoms with Crippen LogP contribution in [0.4, 0.5) is 18.9 Å². The van der Waals surface area contributed by atoms with Gasteiger partial charge in [0.1, 0.15) is 0 Å². The van der Waals surface area contributed by atoms with E-state index in [0.29, 0.717) is 11.0 Å². The lowest BCUT2D eigenvalue weighted by Gasteiger charge is -2.14. The first-order chi connectivity index (χ1) is 8.45. The largest absolute Gasteiger partial charge is 0.418 e.